The molecular formula is C12H14O2. The molecule has 1 aromatic rings. The van der Waals surface area contributed by atoms with Crippen LogP contribution in [0.25, 0.3) is 0 Å². The fourth-order valence-electron chi connectivity index (χ4n) is 2.08. The minimum Gasteiger partial charge on any atom is -0.508 e. The second-order valence-electron chi connectivity index (χ2n) is 4.04. The lowest BCUT2D eigenvalue weighted by Gasteiger charge is -2.10. The predicted octanol–water partition coefficient (Wildman–Crippen LogP) is 2.54. The first-order chi connectivity index (χ1) is 6.66. The molecule has 0 aliphatic heterocycles. The van der Waals surface area contributed by atoms with Gasteiger partial charge in [-0.2, -0.15) is 0 Å². The minimum atomic E-state index is 0.239. The normalized spacial score (nSPS) is 21.5. The average Bonchev–Trinajstić information content (AvgIpc) is 2.51. The van der Waals surface area contributed by atoms with Gasteiger partial charge in [0.15, 0.2) is 0 Å². The number of phenols is 1. The maximum atomic E-state index is 11.1. The minimum absolute atomic E-state index is 0.239. The van der Waals surface area contributed by atoms with E-state index in [4.69, 9.17) is 0 Å². The number of carbonyl (C=O) groups excluding carboxylic acids is 1. The summed E-state index contributed by atoms with van der Waals surface area (Å²) >= 11 is 0. The standard InChI is InChI=1S/C12H14O2/c1-8-2-5-11(12(14)6-8)9-3-4-10(13)7-9/h2,5-6,9,14H,3-4,7H2,1H3. The molecule has 2 rings (SSSR count). The lowest BCUT2D eigenvalue weighted by molar-refractivity contribution is -0.117. The van der Waals surface area contributed by atoms with Crippen LogP contribution in [0.2, 0.25) is 0 Å². The monoisotopic (exact) mass is 190 g/mol. The molecule has 2 nitrogen and oxygen atoms in total. The molecule has 0 aromatic heterocycles. The predicted molar refractivity (Wildman–Crippen MR) is 54.4 cm³/mol. The van der Waals surface area contributed by atoms with Crippen LogP contribution in [0.15, 0.2) is 18.2 Å². The average molecular weight is 190 g/mol. The smallest absolute Gasteiger partial charge is 0.133 e. The van der Waals surface area contributed by atoms with Crippen LogP contribution in [-0.4, -0.2) is 10.9 Å². The zero-order chi connectivity index (χ0) is 10.1. The fraction of sp³-hybridized carbons (Fsp3) is 0.417. The van der Waals surface area contributed by atoms with Gasteiger partial charge in [-0.15, -0.1) is 0 Å². The van der Waals surface area contributed by atoms with Crippen LogP contribution < -0.4 is 0 Å². The highest BCUT2D eigenvalue weighted by Gasteiger charge is 2.25. The number of aryl methyl sites for hydroxylation is 1. The second-order valence-corrected chi connectivity index (χ2v) is 4.04. The lowest BCUT2D eigenvalue weighted by Crippen LogP contribution is -1.95. The molecule has 0 bridgehead atoms. The Kier molecular flexibility index (Phi) is 2.28. The summed E-state index contributed by atoms with van der Waals surface area (Å²) in [5.41, 5.74) is 1.98. The molecule has 1 N–H and O–H groups in total. The Labute approximate surface area is 83.6 Å². The van der Waals surface area contributed by atoms with E-state index in [0.717, 1.165) is 17.5 Å². The fourth-order valence-corrected chi connectivity index (χ4v) is 2.08. The summed E-state index contributed by atoms with van der Waals surface area (Å²) in [4.78, 5) is 11.1. The van der Waals surface area contributed by atoms with Crippen molar-refractivity contribution in [2.24, 2.45) is 0 Å². The molecule has 1 saturated carbocycles. The second kappa shape index (κ2) is 3.45. The number of benzene rings is 1. The van der Waals surface area contributed by atoms with Crippen LogP contribution in [0.1, 0.15) is 36.3 Å². The molecule has 0 spiro atoms. The third kappa shape index (κ3) is 1.65. The Hall–Kier alpha value is -1.31. The maximum absolute atomic E-state index is 11.1. The summed E-state index contributed by atoms with van der Waals surface area (Å²) in [6.07, 6.45) is 2.14. The Bertz CT molecular complexity index is 369. The van der Waals surface area contributed by atoms with Gasteiger partial charge in [-0.05, 0) is 36.5 Å². The third-order valence-electron chi connectivity index (χ3n) is 2.87. The van der Waals surface area contributed by atoms with Gasteiger partial charge in [0.2, 0.25) is 0 Å². The molecule has 14 heavy (non-hydrogen) atoms. The molecule has 1 aliphatic rings. The topological polar surface area (TPSA) is 37.3 Å². The first-order valence-corrected chi connectivity index (χ1v) is 4.98. The summed E-state index contributed by atoms with van der Waals surface area (Å²) in [5.74, 6) is 0.891. The molecule has 1 fully saturated rings. The molecule has 1 aromatic carbocycles. The van der Waals surface area contributed by atoms with E-state index < -0.39 is 0 Å². The van der Waals surface area contributed by atoms with Gasteiger partial charge in [0.1, 0.15) is 11.5 Å². The molecule has 0 heterocycles. The Morgan fingerprint density at radius 2 is 2.21 bits per heavy atom. The van der Waals surface area contributed by atoms with Gasteiger partial charge in [0.25, 0.3) is 0 Å². The van der Waals surface area contributed by atoms with Crippen LogP contribution >= 0.6 is 0 Å². The molecule has 1 unspecified atom stereocenters. The number of phenolic OH excluding ortho intramolecular Hbond substituents is 1. The van der Waals surface area contributed by atoms with Crippen molar-refractivity contribution in [1.82, 2.24) is 0 Å². The number of Topliss-reactive ketones (excluding diaryl/α,β-unsaturated/α-hetero) is 1. The highest BCUT2D eigenvalue weighted by molar-refractivity contribution is 5.81. The summed E-state index contributed by atoms with van der Waals surface area (Å²) in [6.45, 7) is 1.95. The highest BCUT2D eigenvalue weighted by Crippen LogP contribution is 2.36. The number of ketones is 1. The van der Waals surface area contributed by atoms with Crippen LogP contribution in [0.5, 0.6) is 5.75 Å². The van der Waals surface area contributed by atoms with Crippen LogP contribution in [0.4, 0.5) is 0 Å². The van der Waals surface area contributed by atoms with Crippen molar-refractivity contribution in [3.63, 3.8) is 0 Å². The molecule has 0 amide bonds. The van der Waals surface area contributed by atoms with Crippen LogP contribution in [0, 0.1) is 6.92 Å². The van der Waals surface area contributed by atoms with Gasteiger partial charge < -0.3 is 5.11 Å². The van der Waals surface area contributed by atoms with Crippen molar-refractivity contribution in [3.05, 3.63) is 29.3 Å². The Morgan fingerprint density at radius 1 is 1.43 bits per heavy atom. The Morgan fingerprint density at radius 3 is 2.79 bits per heavy atom. The number of hydrogen-bond donors (Lipinski definition) is 1. The van der Waals surface area contributed by atoms with Crippen molar-refractivity contribution < 1.29 is 9.90 Å². The summed E-state index contributed by atoms with van der Waals surface area (Å²) < 4.78 is 0. The van der Waals surface area contributed by atoms with Gasteiger partial charge in [0.05, 0.1) is 0 Å². The van der Waals surface area contributed by atoms with E-state index in [2.05, 4.69) is 0 Å². The number of rotatable bonds is 1. The van der Waals surface area contributed by atoms with Gasteiger partial charge in [-0.3, -0.25) is 4.79 Å². The largest absolute Gasteiger partial charge is 0.508 e. The maximum Gasteiger partial charge on any atom is 0.133 e. The van der Waals surface area contributed by atoms with Gasteiger partial charge >= 0.3 is 0 Å². The third-order valence-corrected chi connectivity index (χ3v) is 2.87. The van der Waals surface area contributed by atoms with E-state index in [-0.39, 0.29) is 5.92 Å². The van der Waals surface area contributed by atoms with Crippen LogP contribution in [0.3, 0.4) is 0 Å². The van der Waals surface area contributed by atoms with E-state index >= 15 is 0 Å². The van der Waals surface area contributed by atoms with Gasteiger partial charge in [-0.25, -0.2) is 0 Å². The molecule has 74 valence electrons. The summed E-state index contributed by atoms with van der Waals surface area (Å²) in [6, 6.07) is 5.68. The van der Waals surface area contributed by atoms with Crippen molar-refractivity contribution in [1.29, 1.82) is 0 Å². The zero-order valence-electron chi connectivity index (χ0n) is 8.29. The van der Waals surface area contributed by atoms with E-state index in [1.807, 2.05) is 19.1 Å². The molecule has 1 aliphatic carbocycles. The Balaban J connectivity index is 2.28. The van der Waals surface area contributed by atoms with Gasteiger partial charge in [0, 0.05) is 12.8 Å². The molecule has 0 saturated heterocycles. The van der Waals surface area contributed by atoms with E-state index in [1.165, 1.54) is 0 Å². The van der Waals surface area contributed by atoms with Crippen molar-refractivity contribution in [2.45, 2.75) is 32.1 Å². The zero-order valence-corrected chi connectivity index (χ0v) is 8.29. The number of hydrogen-bond acceptors (Lipinski definition) is 2. The van der Waals surface area contributed by atoms with Crippen molar-refractivity contribution in [2.75, 3.05) is 0 Å². The van der Waals surface area contributed by atoms with Crippen molar-refractivity contribution in [3.8, 4) is 5.75 Å². The lowest BCUT2D eigenvalue weighted by atomic mass is 9.96. The molecule has 0 radical (unpaired) electrons. The molecule has 1 atom stereocenters. The van der Waals surface area contributed by atoms with Crippen molar-refractivity contribution >= 4 is 5.78 Å². The number of aromatic hydroxyl groups is 1. The van der Waals surface area contributed by atoms with Crippen LogP contribution in [-0.2, 0) is 4.79 Å². The molecule has 2 heteroatoms. The first kappa shape index (κ1) is 9.25. The SMILES string of the molecule is Cc1ccc(C2CCC(=O)C2)c(O)c1. The summed E-state index contributed by atoms with van der Waals surface area (Å²) in [5, 5.41) is 9.73. The highest BCUT2D eigenvalue weighted by atomic mass is 16.3. The van der Waals surface area contributed by atoms with Gasteiger partial charge in [-0.1, -0.05) is 12.1 Å². The summed E-state index contributed by atoms with van der Waals surface area (Å²) in [7, 11) is 0. The quantitative estimate of drug-likeness (QED) is 0.738. The number of carbonyl (C=O) groups is 1. The van der Waals surface area contributed by atoms with E-state index in [0.29, 0.717) is 24.4 Å². The first-order valence-electron chi connectivity index (χ1n) is 4.98. The molecular weight excluding hydrogens is 176 g/mol. The van der Waals surface area contributed by atoms with E-state index in [1.54, 1.807) is 6.07 Å². The van der Waals surface area contributed by atoms with E-state index in [9.17, 15) is 9.90 Å².